The van der Waals surface area contributed by atoms with Gasteiger partial charge in [0.1, 0.15) is 0 Å². The van der Waals surface area contributed by atoms with E-state index in [9.17, 15) is 0 Å². The average molecular weight is 383 g/mol. The number of hydrogen-bond acceptors (Lipinski definition) is 4. The highest BCUT2D eigenvalue weighted by Crippen LogP contribution is 2.30. The minimum absolute atomic E-state index is 0.0859. The van der Waals surface area contributed by atoms with Crippen molar-refractivity contribution in [1.82, 2.24) is 4.90 Å². The van der Waals surface area contributed by atoms with Crippen LogP contribution in [0, 0.1) is 0 Å². The maximum absolute atomic E-state index is 6.13. The number of anilines is 1. The zero-order valence-corrected chi connectivity index (χ0v) is 17.2. The minimum atomic E-state index is -0.0859. The van der Waals surface area contributed by atoms with Gasteiger partial charge in [0.15, 0.2) is 17.5 Å². The van der Waals surface area contributed by atoms with Gasteiger partial charge in [-0.05, 0) is 43.5 Å². The summed E-state index contributed by atoms with van der Waals surface area (Å²) in [6.07, 6.45) is 1.07. The summed E-state index contributed by atoms with van der Waals surface area (Å²) < 4.78 is 10.6. The van der Waals surface area contributed by atoms with Crippen molar-refractivity contribution in [1.29, 1.82) is 0 Å². The molecule has 0 unspecified atom stereocenters. The third-order valence-corrected chi connectivity index (χ3v) is 5.28. The SMILES string of the molecule is COc1ccc(NC(N)=NCC(C)(C)N2CCc3ccccc3C2)cc1OC. The van der Waals surface area contributed by atoms with Gasteiger partial charge in [0, 0.05) is 30.4 Å². The lowest BCUT2D eigenvalue weighted by Gasteiger charge is -2.40. The number of ether oxygens (including phenoxy) is 2. The van der Waals surface area contributed by atoms with Crippen LogP contribution in [0.4, 0.5) is 5.69 Å². The molecule has 1 heterocycles. The van der Waals surface area contributed by atoms with Crippen LogP contribution in [0.5, 0.6) is 11.5 Å². The number of rotatable bonds is 6. The molecule has 2 aromatic rings. The Labute approximate surface area is 167 Å². The van der Waals surface area contributed by atoms with Crippen molar-refractivity contribution in [3.05, 3.63) is 53.6 Å². The number of fused-ring (bicyclic) bond motifs is 1. The number of nitrogens with zero attached hydrogens (tertiary/aromatic N) is 2. The monoisotopic (exact) mass is 382 g/mol. The summed E-state index contributed by atoms with van der Waals surface area (Å²) >= 11 is 0. The van der Waals surface area contributed by atoms with Gasteiger partial charge in [0.25, 0.3) is 0 Å². The predicted octanol–water partition coefficient (Wildman–Crippen LogP) is 3.27. The molecule has 150 valence electrons. The second kappa shape index (κ2) is 8.52. The maximum atomic E-state index is 6.13. The molecule has 0 atom stereocenters. The summed E-state index contributed by atoms with van der Waals surface area (Å²) in [6.45, 7) is 7.02. The highest BCUT2D eigenvalue weighted by Gasteiger charge is 2.29. The summed E-state index contributed by atoms with van der Waals surface area (Å²) in [5.74, 6) is 1.71. The number of aliphatic imine (C=N–C) groups is 1. The third kappa shape index (κ3) is 4.57. The summed E-state index contributed by atoms with van der Waals surface area (Å²) in [7, 11) is 3.22. The molecule has 0 radical (unpaired) electrons. The molecule has 0 fully saturated rings. The quantitative estimate of drug-likeness (QED) is 0.593. The topological polar surface area (TPSA) is 72.1 Å². The molecule has 28 heavy (non-hydrogen) atoms. The first-order chi connectivity index (χ1) is 13.4. The number of guanidine groups is 1. The second-order valence-electron chi connectivity index (χ2n) is 7.65. The van der Waals surface area contributed by atoms with E-state index in [-0.39, 0.29) is 5.54 Å². The van der Waals surface area contributed by atoms with Crippen molar-refractivity contribution >= 4 is 11.6 Å². The Morgan fingerprint density at radius 3 is 2.54 bits per heavy atom. The summed E-state index contributed by atoms with van der Waals surface area (Å²) in [4.78, 5) is 7.06. The van der Waals surface area contributed by atoms with E-state index in [1.54, 1.807) is 14.2 Å². The fourth-order valence-electron chi connectivity index (χ4n) is 3.49. The molecular weight excluding hydrogens is 352 g/mol. The van der Waals surface area contributed by atoms with Gasteiger partial charge in [-0.3, -0.25) is 9.89 Å². The highest BCUT2D eigenvalue weighted by molar-refractivity contribution is 5.92. The lowest BCUT2D eigenvalue weighted by atomic mass is 9.94. The largest absolute Gasteiger partial charge is 0.493 e. The number of methoxy groups -OCH3 is 2. The molecule has 3 rings (SSSR count). The van der Waals surface area contributed by atoms with Gasteiger partial charge in [-0.1, -0.05) is 24.3 Å². The lowest BCUT2D eigenvalue weighted by Crippen LogP contribution is -2.49. The number of benzene rings is 2. The van der Waals surface area contributed by atoms with Crippen LogP contribution < -0.4 is 20.5 Å². The van der Waals surface area contributed by atoms with Crippen molar-refractivity contribution in [3.8, 4) is 11.5 Å². The van der Waals surface area contributed by atoms with E-state index in [1.165, 1.54) is 11.1 Å². The molecule has 0 saturated heterocycles. The Hall–Kier alpha value is -2.73. The lowest BCUT2D eigenvalue weighted by molar-refractivity contribution is 0.112. The Balaban J connectivity index is 1.64. The first-order valence-electron chi connectivity index (χ1n) is 9.54. The van der Waals surface area contributed by atoms with Gasteiger partial charge in [-0.2, -0.15) is 0 Å². The summed E-state index contributed by atoms with van der Waals surface area (Å²) in [6, 6.07) is 14.2. The van der Waals surface area contributed by atoms with Crippen LogP contribution in [0.25, 0.3) is 0 Å². The molecule has 0 amide bonds. The smallest absolute Gasteiger partial charge is 0.193 e. The Bertz CT molecular complexity index is 848. The Morgan fingerprint density at radius 2 is 1.82 bits per heavy atom. The molecule has 2 aromatic carbocycles. The van der Waals surface area contributed by atoms with E-state index in [2.05, 4.69) is 53.3 Å². The van der Waals surface area contributed by atoms with E-state index in [0.717, 1.165) is 25.2 Å². The first kappa shape index (κ1) is 20.0. The number of nitrogens with one attached hydrogen (secondary N) is 1. The molecule has 1 aliphatic heterocycles. The second-order valence-corrected chi connectivity index (χ2v) is 7.65. The Kier molecular flexibility index (Phi) is 6.09. The molecule has 0 aromatic heterocycles. The zero-order chi connectivity index (χ0) is 20.1. The van der Waals surface area contributed by atoms with E-state index in [0.29, 0.717) is 24.0 Å². The zero-order valence-electron chi connectivity index (χ0n) is 17.2. The fourth-order valence-corrected chi connectivity index (χ4v) is 3.49. The van der Waals surface area contributed by atoms with Crippen LogP contribution in [0.15, 0.2) is 47.5 Å². The van der Waals surface area contributed by atoms with Gasteiger partial charge in [-0.15, -0.1) is 0 Å². The normalized spacial score (nSPS) is 15.1. The van der Waals surface area contributed by atoms with Crippen molar-refractivity contribution in [2.45, 2.75) is 32.4 Å². The molecule has 0 aliphatic carbocycles. The van der Waals surface area contributed by atoms with E-state index in [4.69, 9.17) is 15.2 Å². The van der Waals surface area contributed by atoms with Gasteiger partial charge in [0.05, 0.1) is 20.8 Å². The van der Waals surface area contributed by atoms with Crippen LogP contribution >= 0.6 is 0 Å². The van der Waals surface area contributed by atoms with Crippen molar-refractivity contribution in [2.24, 2.45) is 10.7 Å². The molecule has 0 saturated carbocycles. The molecule has 0 spiro atoms. The van der Waals surface area contributed by atoms with Crippen LogP contribution in [-0.4, -0.2) is 43.7 Å². The molecule has 6 heteroatoms. The number of nitrogens with two attached hydrogens (primary N) is 1. The minimum Gasteiger partial charge on any atom is -0.493 e. The van der Waals surface area contributed by atoms with Gasteiger partial charge in [-0.25, -0.2) is 0 Å². The fraction of sp³-hybridized carbons (Fsp3) is 0.409. The highest BCUT2D eigenvalue weighted by atomic mass is 16.5. The summed E-state index contributed by atoms with van der Waals surface area (Å²) in [5, 5.41) is 3.13. The molecule has 0 bridgehead atoms. The maximum Gasteiger partial charge on any atom is 0.193 e. The van der Waals surface area contributed by atoms with Crippen LogP contribution in [-0.2, 0) is 13.0 Å². The van der Waals surface area contributed by atoms with Gasteiger partial charge < -0.3 is 20.5 Å². The molecule has 3 N–H and O–H groups in total. The summed E-state index contributed by atoms with van der Waals surface area (Å²) in [5.41, 5.74) is 9.71. The van der Waals surface area contributed by atoms with E-state index >= 15 is 0 Å². The average Bonchev–Trinajstić information content (AvgIpc) is 2.72. The van der Waals surface area contributed by atoms with Crippen LogP contribution in [0.3, 0.4) is 0 Å². The van der Waals surface area contributed by atoms with Crippen molar-refractivity contribution < 1.29 is 9.47 Å². The van der Waals surface area contributed by atoms with Crippen molar-refractivity contribution in [3.63, 3.8) is 0 Å². The molecule has 6 nitrogen and oxygen atoms in total. The van der Waals surface area contributed by atoms with Gasteiger partial charge in [0.2, 0.25) is 0 Å². The van der Waals surface area contributed by atoms with E-state index < -0.39 is 0 Å². The standard InChI is InChI=1S/C22H30N4O2/c1-22(2,26-12-11-16-7-5-6-8-17(16)14-26)15-24-21(23)25-18-9-10-19(27-3)20(13-18)28-4/h5-10,13H,11-12,14-15H2,1-4H3,(H3,23,24,25). The molecular formula is C22H30N4O2. The molecule has 1 aliphatic rings. The first-order valence-corrected chi connectivity index (χ1v) is 9.54. The van der Waals surface area contributed by atoms with Crippen LogP contribution in [0.1, 0.15) is 25.0 Å². The van der Waals surface area contributed by atoms with Crippen molar-refractivity contribution in [2.75, 3.05) is 32.6 Å². The van der Waals surface area contributed by atoms with Crippen LogP contribution in [0.2, 0.25) is 0 Å². The van der Waals surface area contributed by atoms with E-state index in [1.807, 2.05) is 18.2 Å². The predicted molar refractivity (Wildman–Crippen MR) is 114 cm³/mol. The number of hydrogen-bond donors (Lipinski definition) is 2. The van der Waals surface area contributed by atoms with Gasteiger partial charge >= 0.3 is 0 Å². The Morgan fingerprint density at radius 1 is 1.11 bits per heavy atom. The third-order valence-electron chi connectivity index (χ3n) is 5.28.